The fourth-order valence-electron chi connectivity index (χ4n) is 2.47. The zero-order valence-electron chi connectivity index (χ0n) is 14.9. The second-order valence-electron chi connectivity index (χ2n) is 5.97. The van der Waals surface area contributed by atoms with E-state index >= 15 is 0 Å². The van der Waals surface area contributed by atoms with Crippen LogP contribution in [0.3, 0.4) is 0 Å². The van der Waals surface area contributed by atoms with Crippen LogP contribution in [0.5, 0.6) is 5.75 Å². The summed E-state index contributed by atoms with van der Waals surface area (Å²) in [5.74, 6) is 0.374. The first-order valence-electron chi connectivity index (χ1n) is 8.60. The van der Waals surface area contributed by atoms with E-state index in [0.29, 0.717) is 23.6 Å². The minimum Gasteiger partial charge on any atom is -0.489 e. The van der Waals surface area contributed by atoms with E-state index in [1.54, 1.807) is 36.4 Å². The molecule has 0 aliphatic rings. The number of carbonyl (C=O) groups is 1. The molecule has 0 fully saturated rings. The van der Waals surface area contributed by atoms with E-state index in [0.717, 1.165) is 5.56 Å². The Morgan fingerprint density at radius 3 is 2.46 bits per heavy atom. The van der Waals surface area contributed by atoms with Crippen LogP contribution >= 0.6 is 0 Å². The first-order valence-corrected chi connectivity index (χ1v) is 8.60. The van der Waals surface area contributed by atoms with Gasteiger partial charge < -0.3 is 10.1 Å². The van der Waals surface area contributed by atoms with E-state index in [1.807, 2.05) is 30.3 Å². The maximum atomic E-state index is 12.0. The molecule has 3 rings (SSSR count). The quantitative estimate of drug-likeness (QED) is 0.365. The van der Waals surface area contributed by atoms with Crippen molar-refractivity contribution in [1.29, 1.82) is 0 Å². The molecule has 6 nitrogen and oxygen atoms in total. The number of nitrogens with zero attached hydrogens (tertiary/aromatic N) is 1. The number of nitrogens with one attached hydrogen (secondary N) is 1. The second kappa shape index (κ2) is 9.14. The van der Waals surface area contributed by atoms with Crippen molar-refractivity contribution in [1.82, 2.24) is 0 Å². The van der Waals surface area contributed by atoms with Gasteiger partial charge in [0.05, 0.1) is 4.92 Å². The first kappa shape index (κ1) is 18.8. The summed E-state index contributed by atoms with van der Waals surface area (Å²) in [4.78, 5) is 22.3. The van der Waals surface area contributed by atoms with E-state index in [1.165, 1.54) is 24.3 Å². The summed E-state index contributed by atoms with van der Waals surface area (Å²) < 4.78 is 5.71. The van der Waals surface area contributed by atoms with E-state index < -0.39 is 4.92 Å². The molecule has 0 bridgehead atoms. The molecule has 0 saturated heterocycles. The van der Waals surface area contributed by atoms with E-state index in [2.05, 4.69) is 5.32 Å². The highest BCUT2D eigenvalue weighted by molar-refractivity contribution is 6.01. The van der Waals surface area contributed by atoms with Crippen LogP contribution in [0.2, 0.25) is 0 Å². The molecule has 1 amide bonds. The number of hydrogen-bond donors (Lipinski definition) is 1. The average Bonchev–Trinajstić information content (AvgIpc) is 2.73. The number of non-ortho nitro benzene ring substituents is 1. The molecule has 0 unspecified atom stereocenters. The van der Waals surface area contributed by atoms with Crippen LogP contribution in [0.1, 0.15) is 11.1 Å². The number of anilines is 1. The number of carbonyl (C=O) groups excluding carboxylic acids is 1. The van der Waals surface area contributed by atoms with Crippen molar-refractivity contribution in [3.8, 4) is 5.75 Å². The fourth-order valence-corrected chi connectivity index (χ4v) is 2.47. The van der Waals surface area contributed by atoms with Gasteiger partial charge in [-0.1, -0.05) is 42.5 Å². The largest absolute Gasteiger partial charge is 0.489 e. The van der Waals surface area contributed by atoms with Gasteiger partial charge >= 0.3 is 0 Å². The van der Waals surface area contributed by atoms with Crippen LogP contribution in [0, 0.1) is 10.1 Å². The highest BCUT2D eigenvalue weighted by Gasteiger charge is 2.04. The van der Waals surface area contributed by atoms with Crippen molar-refractivity contribution >= 4 is 23.4 Å². The SMILES string of the molecule is O=C(C=Cc1cccc([N+](=O)[O-])c1)Nc1ccc(OCc2ccccc2)cc1. The van der Waals surface area contributed by atoms with Crippen molar-refractivity contribution < 1.29 is 14.5 Å². The molecule has 0 aromatic heterocycles. The van der Waals surface area contributed by atoms with Gasteiger partial charge in [-0.3, -0.25) is 14.9 Å². The molecule has 3 aromatic carbocycles. The molecule has 3 aromatic rings. The molecule has 0 heterocycles. The normalized spacial score (nSPS) is 10.6. The maximum absolute atomic E-state index is 12.0. The maximum Gasteiger partial charge on any atom is 0.270 e. The predicted octanol–water partition coefficient (Wildman–Crippen LogP) is 4.83. The van der Waals surface area contributed by atoms with Gasteiger partial charge in [-0.05, 0) is 41.5 Å². The molecule has 0 saturated carbocycles. The lowest BCUT2D eigenvalue weighted by Gasteiger charge is -2.07. The summed E-state index contributed by atoms with van der Waals surface area (Å²) >= 11 is 0. The molecule has 28 heavy (non-hydrogen) atoms. The zero-order chi connectivity index (χ0) is 19.8. The van der Waals surface area contributed by atoms with Crippen molar-refractivity contribution in [2.45, 2.75) is 6.61 Å². The topological polar surface area (TPSA) is 81.5 Å². The number of rotatable bonds is 7. The van der Waals surface area contributed by atoms with Gasteiger partial charge in [0.1, 0.15) is 12.4 Å². The summed E-state index contributed by atoms with van der Waals surface area (Å²) in [5, 5.41) is 13.5. The summed E-state index contributed by atoms with van der Waals surface area (Å²) in [7, 11) is 0. The van der Waals surface area contributed by atoms with Crippen LogP contribution in [0.15, 0.2) is 84.9 Å². The predicted molar refractivity (Wildman–Crippen MR) is 108 cm³/mol. The standard InChI is InChI=1S/C22H18N2O4/c25-22(14-9-17-7-4-8-20(15-17)24(26)27)23-19-10-12-21(13-11-19)28-16-18-5-2-1-3-6-18/h1-15H,16H2,(H,23,25). The molecular weight excluding hydrogens is 356 g/mol. The highest BCUT2D eigenvalue weighted by Crippen LogP contribution is 2.18. The molecule has 0 spiro atoms. The summed E-state index contributed by atoms with van der Waals surface area (Å²) in [6.45, 7) is 0.471. The lowest BCUT2D eigenvalue weighted by Crippen LogP contribution is -2.07. The van der Waals surface area contributed by atoms with Gasteiger partial charge in [0.2, 0.25) is 5.91 Å². The Balaban J connectivity index is 1.54. The summed E-state index contributed by atoms with van der Waals surface area (Å²) in [6.07, 6.45) is 2.86. The van der Waals surface area contributed by atoms with E-state index in [4.69, 9.17) is 4.74 Å². The Hall–Kier alpha value is -3.93. The van der Waals surface area contributed by atoms with Crippen LogP contribution in [0.4, 0.5) is 11.4 Å². The molecular formula is C22H18N2O4. The number of benzene rings is 3. The molecule has 0 aliphatic carbocycles. The Morgan fingerprint density at radius 1 is 1.00 bits per heavy atom. The van der Waals surface area contributed by atoms with Crippen LogP contribution in [0.25, 0.3) is 6.08 Å². The number of nitro groups is 1. The molecule has 140 valence electrons. The van der Waals surface area contributed by atoms with E-state index in [9.17, 15) is 14.9 Å². The number of ether oxygens (including phenoxy) is 1. The van der Waals surface area contributed by atoms with Crippen molar-refractivity contribution in [3.63, 3.8) is 0 Å². The van der Waals surface area contributed by atoms with Crippen LogP contribution < -0.4 is 10.1 Å². The third-order valence-corrected chi connectivity index (χ3v) is 3.88. The van der Waals surface area contributed by atoms with Gasteiger partial charge in [-0.25, -0.2) is 0 Å². The minimum atomic E-state index is -0.473. The van der Waals surface area contributed by atoms with Crippen LogP contribution in [-0.4, -0.2) is 10.8 Å². The van der Waals surface area contributed by atoms with Crippen molar-refractivity contribution in [2.75, 3.05) is 5.32 Å². The third-order valence-electron chi connectivity index (χ3n) is 3.88. The lowest BCUT2D eigenvalue weighted by molar-refractivity contribution is -0.384. The van der Waals surface area contributed by atoms with Gasteiger partial charge in [0.15, 0.2) is 0 Å². The Labute approximate surface area is 162 Å². The number of amides is 1. The van der Waals surface area contributed by atoms with Gasteiger partial charge in [-0.15, -0.1) is 0 Å². The molecule has 0 atom stereocenters. The lowest BCUT2D eigenvalue weighted by atomic mass is 10.2. The fraction of sp³-hybridized carbons (Fsp3) is 0.0455. The smallest absolute Gasteiger partial charge is 0.270 e. The van der Waals surface area contributed by atoms with E-state index in [-0.39, 0.29) is 11.6 Å². The van der Waals surface area contributed by atoms with Crippen molar-refractivity contribution in [3.05, 3.63) is 106 Å². The number of nitro benzene ring substituents is 1. The Morgan fingerprint density at radius 2 is 1.75 bits per heavy atom. The summed E-state index contributed by atoms with van der Waals surface area (Å²) in [5.41, 5.74) is 2.26. The summed E-state index contributed by atoms with van der Waals surface area (Å²) in [6, 6.07) is 23.0. The molecule has 0 radical (unpaired) electrons. The first-order chi connectivity index (χ1) is 13.6. The zero-order valence-corrected chi connectivity index (χ0v) is 14.9. The minimum absolute atomic E-state index is 0.0198. The molecule has 1 N–H and O–H groups in total. The van der Waals surface area contributed by atoms with Gasteiger partial charge in [-0.2, -0.15) is 0 Å². The number of hydrogen-bond acceptors (Lipinski definition) is 4. The Bertz CT molecular complexity index is 983. The van der Waals surface area contributed by atoms with Crippen LogP contribution in [-0.2, 0) is 11.4 Å². The van der Waals surface area contributed by atoms with Crippen molar-refractivity contribution in [2.24, 2.45) is 0 Å². The molecule has 0 aliphatic heterocycles. The Kier molecular flexibility index (Phi) is 6.15. The third kappa shape index (κ3) is 5.54. The average molecular weight is 374 g/mol. The second-order valence-corrected chi connectivity index (χ2v) is 5.97. The highest BCUT2D eigenvalue weighted by atomic mass is 16.6. The monoisotopic (exact) mass is 374 g/mol. The van der Waals surface area contributed by atoms with Gasteiger partial charge in [0, 0.05) is 23.9 Å². The van der Waals surface area contributed by atoms with Gasteiger partial charge in [0.25, 0.3) is 5.69 Å². The molecule has 6 heteroatoms.